The molecule has 0 saturated carbocycles. The fourth-order valence-electron chi connectivity index (χ4n) is 5.52. The standard InChI is InChI=1S/C36H46N2O10/c1-35(2,3)47-33(43)37-19-7-9-27(37)31(41)45-21-29(39)25-15-11-23(12-16-25)24-13-17-26(18-14-24)30(40)22-46-32(42)28-10-8-20-38(28)34(44)48-36(4,5)6/h11-18,27-29,39H,7-10,19-22H2,1-6H3/t27-,28-,29?/m0/s1. The Bertz CT molecular complexity index is 1470. The third-order valence-electron chi connectivity index (χ3n) is 7.87. The molecule has 0 radical (unpaired) electrons. The molecule has 4 rings (SSSR count). The lowest BCUT2D eigenvalue weighted by Crippen LogP contribution is -2.44. The zero-order valence-corrected chi connectivity index (χ0v) is 28.5. The van der Waals surface area contributed by atoms with E-state index in [4.69, 9.17) is 18.9 Å². The zero-order valence-electron chi connectivity index (χ0n) is 28.5. The van der Waals surface area contributed by atoms with E-state index in [1.54, 1.807) is 90.1 Å². The van der Waals surface area contributed by atoms with Crippen LogP contribution in [-0.4, -0.2) is 94.4 Å². The predicted molar refractivity (Wildman–Crippen MR) is 175 cm³/mol. The van der Waals surface area contributed by atoms with Crippen LogP contribution < -0.4 is 0 Å². The fourth-order valence-corrected chi connectivity index (χ4v) is 5.52. The van der Waals surface area contributed by atoms with Crippen LogP contribution in [0.5, 0.6) is 0 Å². The highest BCUT2D eigenvalue weighted by Crippen LogP contribution is 2.26. The molecule has 12 heteroatoms. The summed E-state index contributed by atoms with van der Waals surface area (Å²) in [4.78, 5) is 65.9. The normalized spacial score (nSPS) is 18.6. The molecule has 2 amide bonds. The van der Waals surface area contributed by atoms with Gasteiger partial charge < -0.3 is 24.1 Å². The summed E-state index contributed by atoms with van der Waals surface area (Å²) in [5, 5.41) is 10.7. The van der Waals surface area contributed by atoms with Crippen molar-refractivity contribution >= 4 is 29.9 Å². The van der Waals surface area contributed by atoms with Gasteiger partial charge in [0.25, 0.3) is 0 Å². The molecule has 2 fully saturated rings. The van der Waals surface area contributed by atoms with Crippen LogP contribution >= 0.6 is 0 Å². The summed E-state index contributed by atoms with van der Waals surface area (Å²) in [7, 11) is 0. The number of ether oxygens (including phenoxy) is 4. The second kappa shape index (κ2) is 15.2. The van der Waals surface area contributed by atoms with Crippen molar-refractivity contribution in [1.29, 1.82) is 0 Å². The second-order valence-electron chi connectivity index (χ2n) is 14.0. The first-order valence-corrected chi connectivity index (χ1v) is 16.3. The molecule has 2 aliphatic rings. The smallest absolute Gasteiger partial charge is 0.411 e. The topological polar surface area (TPSA) is 149 Å². The lowest BCUT2D eigenvalue weighted by atomic mass is 10.00. The van der Waals surface area contributed by atoms with E-state index < -0.39 is 60.1 Å². The van der Waals surface area contributed by atoms with E-state index in [2.05, 4.69) is 0 Å². The number of benzene rings is 2. The maximum absolute atomic E-state index is 12.8. The maximum Gasteiger partial charge on any atom is 0.411 e. The molecule has 3 atom stereocenters. The van der Waals surface area contributed by atoms with Crippen molar-refractivity contribution in [3.05, 3.63) is 59.7 Å². The van der Waals surface area contributed by atoms with Gasteiger partial charge in [0, 0.05) is 18.7 Å². The molecule has 2 heterocycles. The molecule has 48 heavy (non-hydrogen) atoms. The lowest BCUT2D eigenvalue weighted by molar-refractivity contribution is -0.152. The van der Waals surface area contributed by atoms with Crippen LogP contribution in [-0.2, 0) is 28.5 Å². The van der Waals surface area contributed by atoms with Crippen molar-refractivity contribution in [2.24, 2.45) is 0 Å². The van der Waals surface area contributed by atoms with Gasteiger partial charge in [0.2, 0.25) is 0 Å². The molecule has 0 bridgehead atoms. The van der Waals surface area contributed by atoms with Crippen molar-refractivity contribution in [3.63, 3.8) is 0 Å². The van der Waals surface area contributed by atoms with Crippen LogP contribution in [0.15, 0.2) is 48.5 Å². The molecule has 2 aromatic rings. The Morgan fingerprint density at radius 3 is 1.60 bits per heavy atom. The number of carbonyl (C=O) groups is 5. The van der Waals surface area contributed by atoms with Crippen molar-refractivity contribution in [3.8, 4) is 11.1 Å². The summed E-state index contributed by atoms with van der Waals surface area (Å²) in [6, 6.07) is 12.3. The number of amides is 2. The molecule has 0 spiro atoms. The number of Topliss-reactive ketones (excluding diaryl/α,β-unsaturated/α-hetero) is 1. The van der Waals surface area contributed by atoms with Gasteiger partial charge in [0.1, 0.15) is 36.0 Å². The number of carbonyl (C=O) groups excluding carboxylic acids is 5. The van der Waals surface area contributed by atoms with Crippen molar-refractivity contribution in [1.82, 2.24) is 9.80 Å². The van der Waals surface area contributed by atoms with Gasteiger partial charge in [-0.15, -0.1) is 0 Å². The van der Waals surface area contributed by atoms with Gasteiger partial charge in [-0.1, -0.05) is 48.5 Å². The monoisotopic (exact) mass is 666 g/mol. The van der Waals surface area contributed by atoms with Crippen LogP contribution in [0, 0.1) is 0 Å². The molecule has 1 N–H and O–H groups in total. The highest BCUT2D eigenvalue weighted by molar-refractivity contribution is 5.98. The fraction of sp³-hybridized carbons (Fsp3) is 0.528. The first-order valence-electron chi connectivity index (χ1n) is 16.3. The summed E-state index contributed by atoms with van der Waals surface area (Å²) in [5.74, 6) is -1.60. The largest absolute Gasteiger partial charge is 0.461 e. The number of likely N-dealkylation sites (tertiary alicyclic amines) is 2. The molecule has 0 aromatic heterocycles. The number of aliphatic hydroxyl groups is 1. The Morgan fingerprint density at radius 1 is 0.708 bits per heavy atom. The SMILES string of the molecule is CC(C)(C)OC(=O)N1CCC[C@H]1C(=O)OCC(=O)c1ccc(-c2ccc(C(O)COC(=O)[C@@H]3CCCN3C(=O)OC(C)(C)C)cc2)cc1. The minimum absolute atomic E-state index is 0.266. The number of nitrogens with zero attached hydrogens (tertiary/aromatic N) is 2. The van der Waals surface area contributed by atoms with E-state index in [1.807, 2.05) is 0 Å². The highest BCUT2D eigenvalue weighted by Gasteiger charge is 2.39. The average Bonchev–Trinajstić information content (AvgIpc) is 3.72. The number of hydrogen-bond acceptors (Lipinski definition) is 10. The third kappa shape index (κ3) is 9.79. The molecule has 1 unspecified atom stereocenters. The van der Waals surface area contributed by atoms with Gasteiger partial charge >= 0.3 is 24.1 Å². The number of hydrogen-bond donors (Lipinski definition) is 1. The van der Waals surface area contributed by atoms with E-state index in [1.165, 1.54) is 9.80 Å². The van der Waals surface area contributed by atoms with Crippen LogP contribution in [0.3, 0.4) is 0 Å². The van der Waals surface area contributed by atoms with Crippen molar-refractivity contribution < 1.29 is 48.0 Å². The van der Waals surface area contributed by atoms with E-state index in [-0.39, 0.29) is 12.4 Å². The summed E-state index contributed by atoms with van der Waals surface area (Å²) in [6.45, 7) is 10.6. The quantitative estimate of drug-likeness (QED) is 0.208. The summed E-state index contributed by atoms with van der Waals surface area (Å²) >= 11 is 0. The third-order valence-corrected chi connectivity index (χ3v) is 7.87. The summed E-state index contributed by atoms with van der Waals surface area (Å²) in [5.41, 5.74) is 1.18. The van der Waals surface area contributed by atoms with E-state index >= 15 is 0 Å². The average molecular weight is 667 g/mol. The molecule has 12 nitrogen and oxygen atoms in total. The Hall–Kier alpha value is -4.45. The first-order chi connectivity index (χ1) is 22.5. The van der Waals surface area contributed by atoms with Gasteiger partial charge in [0.05, 0.1) is 0 Å². The number of ketones is 1. The van der Waals surface area contributed by atoms with Gasteiger partial charge in [-0.05, 0) is 83.9 Å². The van der Waals surface area contributed by atoms with Crippen LogP contribution in [0.4, 0.5) is 9.59 Å². The predicted octanol–water partition coefficient (Wildman–Crippen LogP) is 5.46. The van der Waals surface area contributed by atoms with Gasteiger partial charge in [0.15, 0.2) is 12.4 Å². The van der Waals surface area contributed by atoms with Crippen LogP contribution in [0.25, 0.3) is 11.1 Å². The number of rotatable bonds is 9. The lowest BCUT2D eigenvalue weighted by Gasteiger charge is -2.27. The Balaban J connectivity index is 1.26. The Kier molecular flexibility index (Phi) is 11.5. The Labute approximate surface area is 281 Å². The molecule has 2 aliphatic heterocycles. The Morgan fingerprint density at radius 2 is 1.15 bits per heavy atom. The molecule has 2 saturated heterocycles. The number of aliphatic hydroxyl groups excluding tert-OH is 1. The van der Waals surface area contributed by atoms with Gasteiger partial charge in [-0.25, -0.2) is 19.2 Å². The second-order valence-corrected chi connectivity index (χ2v) is 14.0. The molecular weight excluding hydrogens is 620 g/mol. The molecule has 260 valence electrons. The molecular formula is C36H46N2O10. The minimum Gasteiger partial charge on any atom is -0.461 e. The maximum atomic E-state index is 12.8. The van der Waals surface area contributed by atoms with E-state index in [0.717, 1.165) is 11.1 Å². The van der Waals surface area contributed by atoms with E-state index in [0.29, 0.717) is 49.9 Å². The van der Waals surface area contributed by atoms with Crippen molar-refractivity contribution in [2.45, 2.75) is 96.6 Å². The molecule has 2 aromatic carbocycles. The zero-order chi connectivity index (χ0) is 35.2. The molecule has 0 aliphatic carbocycles. The summed E-state index contributed by atoms with van der Waals surface area (Å²) in [6.07, 6.45) is -0.0121. The first kappa shape index (κ1) is 36.4. The van der Waals surface area contributed by atoms with E-state index in [9.17, 15) is 29.1 Å². The van der Waals surface area contributed by atoms with Crippen LogP contribution in [0.2, 0.25) is 0 Å². The number of esters is 2. The minimum atomic E-state index is -1.07. The highest BCUT2D eigenvalue weighted by atomic mass is 16.6. The summed E-state index contributed by atoms with van der Waals surface area (Å²) < 4.78 is 21.4. The van der Waals surface area contributed by atoms with Gasteiger partial charge in [-0.2, -0.15) is 0 Å². The van der Waals surface area contributed by atoms with Crippen molar-refractivity contribution in [2.75, 3.05) is 26.3 Å². The van der Waals surface area contributed by atoms with Gasteiger partial charge in [-0.3, -0.25) is 14.6 Å². The van der Waals surface area contributed by atoms with Crippen LogP contribution in [0.1, 0.15) is 89.3 Å².